The van der Waals surface area contributed by atoms with Crippen molar-refractivity contribution in [1.82, 2.24) is 9.38 Å². The fourth-order valence-corrected chi connectivity index (χ4v) is 2.40. The topological polar surface area (TPSA) is 37.4 Å². The molecule has 0 bridgehead atoms. The van der Waals surface area contributed by atoms with Crippen molar-refractivity contribution in [1.29, 1.82) is 0 Å². The summed E-state index contributed by atoms with van der Waals surface area (Å²) in [7, 11) is 6.24. The molecule has 0 atom stereocenters. The van der Waals surface area contributed by atoms with Gasteiger partial charge in [-0.2, -0.15) is 0 Å². The Morgan fingerprint density at radius 3 is 2.30 bits per heavy atom. The molecule has 0 radical (unpaired) electrons. The summed E-state index contributed by atoms with van der Waals surface area (Å²) in [6.45, 7) is 0.550. The molecule has 2 rings (SSSR count). The van der Waals surface area contributed by atoms with Crippen LogP contribution in [0.4, 0.5) is 5.69 Å². The average molecular weight is 275 g/mol. The van der Waals surface area contributed by atoms with E-state index in [4.69, 9.17) is 0 Å². The van der Waals surface area contributed by atoms with Gasteiger partial charge in [0.15, 0.2) is 0 Å². The van der Waals surface area contributed by atoms with Crippen LogP contribution in [0.3, 0.4) is 0 Å². The van der Waals surface area contributed by atoms with E-state index in [1.807, 2.05) is 24.3 Å². The van der Waals surface area contributed by atoms with Crippen LogP contribution in [-0.4, -0.2) is 44.4 Å². The summed E-state index contributed by atoms with van der Waals surface area (Å²) in [4.78, 5) is 25.8. The summed E-state index contributed by atoms with van der Waals surface area (Å²) < 4.78 is 0.705. The third-order valence-electron chi connectivity index (χ3n) is 3.71. The van der Waals surface area contributed by atoms with Crippen LogP contribution in [-0.2, 0) is 4.79 Å². The van der Waals surface area contributed by atoms with E-state index in [2.05, 4.69) is 21.1 Å². The van der Waals surface area contributed by atoms with Crippen molar-refractivity contribution in [2.75, 3.05) is 27.7 Å². The Balaban J connectivity index is 2.18. The van der Waals surface area contributed by atoms with Gasteiger partial charge in [-0.1, -0.05) is 6.42 Å². The lowest BCUT2D eigenvalue weighted by Crippen LogP contribution is -2.37. The van der Waals surface area contributed by atoms with Crippen LogP contribution in [0.1, 0.15) is 36.0 Å². The minimum Gasteiger partial charge on any atom is -0.298 e. The molecule has 0 aliphatic carbocycles. The van der Waals surface area contributed by atoms with Crippen LogP contribution in [0.25, 0.3) is 0 Å². The zero-order chi connectivity index (χ0) is 14.8. The average Bonchev–Trinajstić information content (AvgIpc) is 2.62. The molecule has 1 aromatic rings. The number of carbonyl (C=O) groups is 2. The molecule has 1 aromatic carbocycles. The second-order valence-corrected chi connectivity index (χ2v) is 6.22. The van der Waals surface area contributed by atoms with E-state index in [0.29, 0.717) is 23.0 Å². The monoisotopic (exact) mass is 275 g/mol. The van der Waals surface area contributed by atoms with Crippen LogP contribution in [0.5, 0.6) is 0 Å². The van der Waals surface area contributed by atoms with E-state index < -0.39 is 0 Å². The molecule has 0 saturated carbocycles. The number of imide groups is 1. The Morgan fingerprint density at radius 1 is 1.05 bits per heavy atom. The zero-order valence-electron chi connectivity index (χ0n) is 12.6. The van der Waals surface area contributed by atoms with Crippen molar-refractivity contribution in [3.05, 3.63) is 29.8 Å². The SMILES string of the molecule is C[N+](C)(C)c1ccc(C(=O)N2CCCCCC2=O)cc1. The highest BCUT2D eigenvalue weighted by Gasteiger charge is 2.24. The molecule has 2 amide bonds. The molecule has 1 fully saturated rings. The van der Waals surface area contributed by atoms with E-state index in [0.717, 1.165) is 24.9 Å². The lowest BCUT2D eigenvalue weighted by atomic mass is 10.1. The van der Waals surface area contributed by atoms with Gasteiger partial charge in [0, 0.05) is 18.5 Å². The molecule has 20 heavy (non-hydrogen) atoms. The predicted molar refractivity (Wildman–Crippen MR) is 80.5 cm³/mol. The quantitative estimate of drug-likeness (QED) is 0.614. The molecule has 1 aliphatic rings. The van der Waals surface area contributed by atoms with Gasteiger partial charge in [-0.25, -0.2) is 0 Å². The van der Waals surface area contributed by atoms with Gasteiger partial charge < -0.3 is 0 Å². The van der Waals surface area contributed by atoms with E-state index in [1.165, 1.54) is 4.90 Å². The van der Waals surface area contributed by atoms with E-state index >= 15 is 0 Å². The van der Waals surface area contributed by atoms with Gasteiger partial charge in [0.25, 0.3) is 5.91 Å². The predicted octanol–water partition coefficient (Wildman–Crippen LogP) is 2.43. The Bertz CT molecular complexity index is 500. The maximum atomic E-state index is 12.4. The lowest BCUT2D eigenvalue weighted by Gasteiger charge is -2.24. The highest BCUT2D eigenvalue weighted by atomic mass is 16.2. The Hall–Kier alpha value is -1.68. The van der Waals surface area contributed by atoms with Crippen molar-refractivity contribution in [3.8, 4) is 0 Å². The number of likely N-dealkylation sites (tertiary alicyclic amines) is 1. The fourth-order valence-electron chi connectivity index (χ4n) is 2.40. The Kier molecular flexibility index (Phi) is 4.23. The minimum absolute atomic E-state index is 0.0387. The lowest BCUT2D eigenvalue weighted by molar-refractivity contribution is -0.128. The highest BCUT2D eigenvalue weighted by molar-refractivity contribution is 6.04. The fraction of sp³-hybridized carbons (Fsp3) is 0.500. The first-order chi connectivity index (χ1) is 9.39. The van der Waals surface area contributed by atoms with Crippen molar-refractivity contribution < 1.29 is 9.59 Å². The summed E-state index contributed by atoms with van der Waals surface area (Å²) in [6.07, 6.45) is 3.32. The standard InChI is InChI=1S/C16H23N2O2/c1-18(2,3)14-10-8-13(9-11-14)16(20)17-12-6-4-5-7-15(17)19/h8-11H,4-7,12H2,1-3H3/q+1. The summed E-state index contributed by atoms with van der Waals surface area (Å²) >= 11 is 0. The van der Waals surface area contributed by atoms with Crippen LogP contribution >= 0.6 is 0 Å². The summed E-state index contributed by atoms with van der Waals surface area (Å²) in [5.74, 6) is -0.201. The van der Waals surface area contributed by atoms with Crippen LogP contribution in [0.15, 0.2) is 24.3 Å². The number of hydrogen-bond acceptors (Lipinski definition) is 2. The third-order valence-corrected chi connectivity index (χ3v) is 3.71. The number of rotatable bonds is 2. The molecular formula is C16H23N2O2+. The van der Waals surface area contributed by atoms with Gasteiger partial charge in [-0.3, -0.25) is 19.0 Å². The highest BCUT2D eigenvalue weighted by Crippen LogP contribution is 2.19. The summed E-state index contributed by atoms with van der Waals surface area (Å²) in [6, 6.07) is 7.55. The molecule has 0 spiro atoms. The second-order valence-electron chi connectivity index (χ2n) is 6.22. The normalized spacial score (nSPS) is 16.9. The molecule has 1 aliphatic heterocycles. The number of benzene rings is 1. The Labute approximate surface area is 120 Å². The van der Waals surface area contributed by atoms with Crippen LogP contribution < -0.4 is 4.48 Å². The molecule has 0 N–H and O–H groups in total. The zero-order valence-corrected chi connectivity index (χ0v) is 12.6. The Morgan fingerprint density at radius 2 is 1.70 bits per heavy atom. The molecule has 1 heterocycles. The summed E-state index contributed by atoms with van der Waals surface area (Å²) in [5, 5.41) is 0. The first-order valence-corrected chi connectivity index (χ1v) is 7.16. The molecular weight excluding hydrogens is 252 g/mol. The molecule has 0 unspecified atom stereocenters. The largest absolute Gasteiger partial charge is 0.298 e. The number of nitrogens with zero attached hydrogens (tertiary/aromatic N) is 2. The van der Waals surface area contributed by atoms with Gasteiger partial charge in [0.2, 0.25) is 5.91 Å². The number of hydrogen-bond donors (Lipinski definition) is 0. The molecule has 0 aromatic heterocycles. The third kappa shape index (κ3) is 3.25. The van der Waals surface area contributed by atoms with Crippen molar-refractivity contribution in [2.24, 2.45) is 0 Å². The number of amides is 2. The minimum atomic E-state index is -0.162. The van der Waals surface area contributed by atoms with E-state index in [1.54, 1.807) is 0 Å². The smallest absolute Gasteiger partial charge is 0.260 e. The second kappa shape index (κ2) is 5.75. The van der Waals surface area contributed by atoms with Crippen molar-refractivity contribution in [2.45, 2.75) is 25.7 Å². The number of quaternary nitrogens is 1. The van der Waals surface area contributed by atoms with Gasteiger partial charge in [-0.15, -0.1) is 0 Å². The van der Waals surface area contributed by atoms with Gasteiger partial charge in [0.1, 0.15) is 5.69 Å². The summed E-state index contributed by atoms with van der Waals surface area (Å²) in [5.41, 5.74) is 1.72. The number of carbonyl (C=O) groups excluding carboxylic acids is 2. The maximum absolute atomic E-state index is 12.4. The van der Waals surface area contributed by atoms with Gasteiger partial charge in [-0.05, 0) is 37.1 Å². The first kappa shape index (κ1) is 14.7. The van der Waals surface area contributed by atoms with Gasteiger partial charge >= 0.3 is 0 Å². The first-order valence-electron chi connectivity index (χ1n) is 7.16. The van der Waals surface area contributed by atoms with Crippen molar-refractivity contribution in [3.63, 3.8) is 0 Å². The van der Waals surface area contributed by atoms with Gasteiger partial charge in [0.05, 0.1) is 21.1 Å². The molecule has 108 valence electrons. The maximum Gasteiger partial charge on any atom is 0.260 e. The van der Waals surface area contributed by atoms with E-state index in [9.17, 15) is 9.59 Å². The molecule has 1 saturated heterocycles. The van der Waals surface area contributed by atoms with E-state index in [-0.39, 0.29) is 11.8 Å². The van der Waals surface area contributed by atoms with Crippen LogP contribution in [0, 0.1) is 0 Å². The van der Waals surface area contributed by atoms with Crippen molar-refractivity contribution >= 4 is 17.5 Å². The van der Waals surface area contributed by atoms with Crippen LogP contribution in [0.2, 0.25) is 0 Å². The molecule has 4 nitrogen and oxygen atoms in total. The molecule has 4 heteroatoms.